The van der Waals surface area contributed by atoms with Crippen LogP contribution in [0.15, 0.2) is 90.0 Å². The minimum atomic E-state index is -3.87. The summed E-state index contributed by atoms with van der Waals surface area (Å²) in [4.78, 5) is 21.4. The van der Waals surface area contributed by atoms with Gasteiger partial charge in [-0.1, -0.05) is 36.4 Å². The van der Waals surface area contributed by atoms with E-state index < -0.39 is 10.0 Å². The molecule has 1 N–H and O–H groups in total. The molecule has 0 radical (unpaired) electrons. The molecule has 1 aromatic heterocycles. The van der Waals surface area contributed by atoms with Crippen LogP contribution in [0.5, 0.6) is 5.75 Å². The molecule has 0 aliphatic carbocycles. The molecular weight excluding hydrogens is 502 g/mol. The molecule has 0 unspecified atom stereocenters. The minimum absolute atomic E-state index is 0.0930. The summed E-state index contributed by atoms with van der Waals surface area (Å²) in [6.07, 6.45) is 3.28. The van der Waals surface area contributed by atoms with E-state index in [-0.39, 0.29) is 10.8 Å². The van der Waals surface area contributed by atoms with Gasteiger partial charge in [0.2, 0.25) is 0 Å². The van der Waals surface area contributed by atoms with Crippen molar-refractivity contribution in [1.82, 2.24) is 14.8 Å². The maximum atomic E-state index is 13.1. The lowest BCUT2D eigenvalue weighted by Crippen LogP contribution is -2.48. The van der Waals surface area contributed by atoms with Gasteiger partial charge in [0.1, 0.15) is 10.6 Å². The molecule has 9 nitrogen and oxygen atoms in total. The van der Waals surface area contributed by atoms with Crippen molar-refractivity contribution < 1.29 is 17.9 Å². The van der Waals surface area contributed by atoms with Crippen LogP contribution in [-0.2, 0) is 16.6 Å². The zero-order chi connectivity index (χ0) is 26.5. The summed E-state index contributed by atoms with van der Waals surface area (Å²) in [6, 6.07) is 22.4. The zero-order valence-electron chi connectivity index (χ0n) is 20.4. The molecule has 1 aliphatic heterocycles. The number of benzene rings is 3. The number of ether oxygens (including phenoxy) is 1. The summed E-state index contributed by atoms with van der Waals surface area (Å²) < 4.78 is 33.7. The number of sulfonamides is 1. The maximum Gasteiger partial charge on any atom is 0.292 e. The van der Waals surface area contributed by atoms with Gasteiger partial charge in [0.05, 0.1) is 5.52 Å². The van der Waals surface area contributed by atoms with Gasteiger partial charge in [0.15, 0.2) is 0 Å². The Morgan fingerprint density at radius 3 is 2.45 bits per heavy atom. The molecule has 3 aromatic carbocycles. The number of fused-ring (bicyclic) bond motifs is 1. The van der Waals surface area contributed by atoms with E-state index in [1.807, 2.05) is 30.3 Å². The zero-order valence-corrected chi connectivity index (χ0v) is 21.3. The van der Waals surface area contributed by atoms with E-state index in [0.717, 1.165) is 10.9 Å². The third-order valence-electron chi connectivity index (χ3n) is 6.45. The van der Waals surface area contributed by atoms with Crippen LogP contribution >= 0.6 is 0 Å². The van der Waals surface area contributed by atoms with Crippen molar-refractivity contribution in [2.75, 3.05) is 30.9 Å². The maximum absolute atomic E-state index is 13.1. The molecule has 192 valence electrons. The number of para-hydroxylation sites is 2. The SMILES string of the molecule is N#COc1ccccc1CN1CCN(C(=O)c2ccc(NS(=O)(=O)c3cccc4cccnc34)cc2)CC1. The van der Waals surface area contributed by atoms with Crippen LogP contribution in [0.3, 0.4) is 0 Å². The van der Waals surface area contributed by atoms with E-state index in [9.17, 15) is 13.2 Å². The Hall–Kier alpha value is -4.46. The molecule has 10 heteroatoms. The fraction of sp³-hybridized carbons (Fsp3) is 0.179. The Balaban J connectivity index is 1.21. The number of hydrogen-bond donors (Lipinski definition) is 1. The summed E-state index contributed by atoms with van der Waals surface area (Å²) in [6.45, 7) is 3.11. The first kappa shape index (κ1) is 25.2. The van der Waals surface area contributed by atoms with Crippen molar-refractivity contribution in [1.29, 1.82) is 5.26 Å². The van der Waals surface area contributed by atoms with E-state index in [1.54, 1.807) is 59.8 Å². The minimum Gasteiger partial charge on any atom is -0.388 e. The van der Waals surface area contributed by atoms with Gasteiger partial charge in [-0.2, -0.15) is 0 Å². The van der Waals surface area contributed by atoms with Gasteiger partial charge >= 0.3 is 0 Å². The normalized spacial score (nSPS) is 14.1. The molecule has 1 amide bonds. The van der Waals surface area contributed by atoms with Crippen LogP contribution in [-0.4, -0.2) is 55.3 Å². The standard InChI is InChI=1S/C28H25N5O4S/c29-20-37-25-8-2-1-5-23(25)19-32-15-17-33(18-16-32)28(34)22-10-12-24(13-11-22)31-38(35,36)26-9-3-6-21-7-4-14-30-27(21)26/h1-14,31H,15-19H2. The van der Waals surface area contributed by atoms with E-state index in [4.69, 9.17) is 10.00 Å². The molecule has 1 aliphatic rings. The fourth-order valence-electron chi connectivity index (χ4n) is 4.50. The predicted molar refractivity (Wildman–Crippen MR) is 143 cm³/mol. The summed E-state index contributed by atoms with van der Waals surface area (Å²) in [5, 5.41) is 9.58. The van der Waals surface area contributed by atoms with E-state index in [1.165, 1.54) is 6.07 Å². The highest BCUT2D eigenvalue weighted by molar-refractivity contribution is 7.93. The third kappa shape index (κ3) is 5.44. The molecule has 0 spiro atoms. The van der Waals surface area contributed by atoms with Crippen LogP contribution in [0.4, 0.5) is 5.69 Å². The number of hydrogen-bond acceptors (Lipinski definition) is 7. The predicted octanol–water partition coefficient (Wildman–Crippen LogP) is 3.85. The highest BCUT2D eigenvalue weighted by atomic mass is 32.2. The Morgan fingerprint density at radius 1 is 0.947 bits per heavy atom. The Labute approximate surface area is 220 Å². The van der Waals surface area contributed by atoms with Gasteiger partial charge in [-0.15, -0.1) is 5.26 Å². The van der Waals surface area contributed by atoms with Crippen LogP contribution in [0.2, 0.25) is 0 Å². The third-order valence-corrected chi connectivity index (χ3v) is 7.86. The molecule has 4 aromatic rings. The van der Waals surface area contributed by atoms with Crippen molar-refractivity contribution in [3.05, 3.63) is 96.2 Å². The summed E-state index contributed by atoms with van der Waals surface area (Å²) in [7, 11) is -3.87. The van der Waals surface area contributed by atoms with Gasteiger partial charge in [0.25, 0.3) is 22.2 Å². The topological polar surface area (TPSA) is 116 Å². The fourth-order valence-corrected chi connectivity index (χ4v) is 5.74. The molecular formula is C28H25N5O4S. The number of nitrogens with one attached hydrogen (secondary N) is 1. The molecule has 38 heavy (non-hydrogen) atoms. The summed E-state index contributed by atoms with van der Waals surface area (Å²) in [5.41, 5.74) is 2.17. The van der Waals surface area contributed by atoms with Gasteiger partial charge in [-0.3, -0.25) is 19.4 Å². The number of carbonyl (C=O) groups excluding carboxylic acids is 1. The smallest absolute Gasteiger partial charge is 0.292 e. The van der Waals surface area contributed by atoms with Crippen molar-refractivity contribution in [2.24, 2.45) is 0 Å². The average Bonchev–Trinajstić information content (AvgIpc) is 2.94. The molecule has 0 bridgehead atoms. The van der Waals surface area contributed by atoms with Crippen molar-refractivity contribution in [3.8, 4) is 12.0 Å². The monoisotopic (exact) mass is 527 g/mol. The highest BCUT2D eigenvalue weighted by Crippen LogP contribution is 2.24. The van der Waals surface area contributed by atoms with Crippen LogP contribution in [0, 0.1) is 11.5 Å². The number of pyridine rings is 1. The Morgan fingerprint density at radius 2 is 1.68 bits per heavy atom. The van der Waals surface area contributed by atoms with Crippen LogP contribution < -0.4 is 9.46 Å². The lowest BCUT2D eigenvalue weighted by atomic mass is 10.1. The number of aromatic nitrogens is 1. The van der Waals surface area contributed by atoms with E-state index in [2.05, 4.69) is 14.6 Å². The molecule has 5 rings (SSSR count). The molecule has 1 saturated heterocycles. The van der Waals surface area contributed by atoms with Crippen LogP contribution in [0.25, 0.3) is 10.9 Å². The first-order valence-electron chi connectivity index (χ1n) is 12.1. The number of nitriles is 1. The first-order valence-corrected chi connectivity index (χ1v) is 13.5. The lowest BCUT2D eigenvalue weighted by Gasteiger charge is -2.35. The van der Waals surface area contributed by atoms with Crippen molar-refractivity contribution in [3.63, 3.8) is 0 Å². The van der Waals surface area contributed by atoms with Crippen LogP contribution in [0.1, 0.15) is 15.9 Å². The summed E-state index contributed by atoms with van der Waals surface area (Å²) in [5.74, 6) is 0.437. The second-order valence-electron chi connectivity index (χ2n) is 8.88. The molecule has 1 fully saturated rings. The first-order chi connectivity index (χ1) is 18.4. The Kier molecular flexibility index (Phi) is 7.22. The van der Waals surface area contributed by atoms with Gasteiger partial charge < -0.3 is 9.64 Å². The van der Waals surface area contributed by atoms with Crippen molar-refractivity contribution in [2.45, 2.75) is 11.4 Å². The molecule has 0 atom stereocenters. The second-order valence-corrected chi connectivity index (χ2v) is 10.5. The second kappa shape index (κ2) is 10.9. The highest BCUT2D eigenvalue weighted by Gasteiger charge is 2.23. The van der Waals surface area contributed by atoms with Crippen molar-refractivity contribution >= 4 is 32.5 Å². The summed E-state index contributed by atoms with van der Waals surface area (Å²) >= 11 is 0. The number of piperazine rings is 1. The lowest BCUT2D eigenvalue weighted by molar-refractivity contribution is 0.0627. The van der Waals surface area contributed by atoms with Gasteiger partial charge in [-0.25, -0.2) is 8.42 Å². The number of rotatable bonds is 7. The van der Waals surface area contributed by atoms with Gasteiger partial charge in [-0.05, 0) is 42.5 Å². The average molecular weight is 528 g/mol. The number of amides is 1. The quantitative estimate of drug-likeness (QED) is 0.363. The molecule has 0 saturated carbocycles. The van der Waals surface area contributed by atoms with Gasteiger partial charge in [0, 0.05) is 61.1 Å². The number of anilines is 1. The molecule has 2 heterocycles. The number of carbonyl (C=O) groups is 1. The number of nitrogens with zero attached hydrogens (tertiary/aromatic N) is 4. The Bertz CT molecular complexity index is 1600. The van der Waals surface area contributed by atoms with E-state index >= 15 is 0 Å². The largest absolute Gasteiger partial charge is 0.388 e. The van der Waals surface area contributed by atoms with E-state index in [0.29, 0.717) is 55.2 Å².